The number of fused-ring (bicyclic) bond motifs is 14. The van der Waals surface area contributed by atoms with E-state index in [2.05, 4.69) is 352 Å². The summed E-state index contributed by atoms with van der Waals surface area (Å²) in [5.41, 5.74) is 17.3. The van der Waals surface area contributed by atoms with Gasteiger partial charge in [-0.1, -0.05) is 309 Å². The van der Waals surface area contributed by atoms with Crippen molar-refractivity contribution in [2.45, 2.75) is 0 Å². The second-order valence-corrected chi connectivity index (χ2v) is 27.2. The topological polar surface area (TPSA) is 77.3 Å². The van der Waals surface area contributed by atoms with Crippen LogP contribution in [0.5, 0.6) is 0 Å². The number of aromatic nitrogens is 6. The summed E-state index contributed by atoms with van der Waals surface area (Å²) in [7, 11) is 0. The van der Waals surface area contributed by atoms with E-state index in [4.69, 9.17) is 29.9 Å². The van der Waals surface area contributed by atoms with Crippen LogP contribution in [0, 0.1) is 0 Å². The summed E-state index contributed by atoms with van der Waals surface area (Å²) in [4.78, 5) is 30.7. The number of hydrogen-bond acceptors (Lipinski definition) is 6. The molecule has 0 bridgehead atoms. The van der Waals surface area contributed by atoms with Crippen molar-refractivity contribution < 1.29 is 0 Å². The lowest BCUT2D eigenvalue weighted by Crippen LogP contribution is -1.97. The van der Waals surface area contributed by atoms with Crippen LogP contribution < -0.4 is 0 Å². The number of para-hydroxylation sites is 1. The van der Waals surface area contributed by atoms with E-state index in [1.807, 2.05) is 24.5 Å². The van der Waals surface area contributed by atoms with Crippen LogP contribution in [-0.4, -0.2) is 29.9 Å². The fourth-order valence-electron chi connectivity index (χ4n) is 15.8. The lowest BCUT2D eigenvalue weighted by Gasteiger charge is -2.15. The number of rotatable bonds is 9. The van der Waals surface area contributed by atoms with Crippen molar-refractivity contribution in [3.8, 4) is 101 Å². The van der Waals surface area contributed by atoms with E-state index in [1.165, 1.54) is 103 Å². The maximum atomic E-state index is 5.32. The van der Waals surface area contributed by atoms with E-state index in [0.29, 0.717) is 11.6 Å². The SMILES string of the molecule is c1ccc2c(-c3ccc(-c4nc(-c5cc6ccccc6c6ccccc56)cc(-c5cc6ccccc6c6ccccc56)n4)cc3)nccc2c1.c1ccc2ncc(-c3ccc(-c4nc(-c5ccc(-c6cc7ccccc7c7ccccc67)cc5)cc(-c5cc6ccccc6c6ccccc56)n4)cc3)cc2c1. The average molecular weight is 1350 g/mol. The maximum absolute atomic E-state index is 5.32. The molecule has 0 spiro atoms. The zero-order valence-corrected chi connectivity index (χ0v) is 57.5. The Morgan fingerprint density at radius 1 is 0.170 bits per heavy atom. The van der Waals surface area contributed by atoms with Gasteiger partial charge < -0.3 is 0 Å². The third kappa shape index (κ3) is 11.1. The first kappa shape index (κ1) is 61.7. The Labute approximate surface area is 611 Å². The van der Waals surface area contributed by atoms with Crippen molar-refractivity contribution in [1.29, 1.82) is 0 Å². The van der Waals surface area contributed by atoms with Crippen LogP contribution in [0.25, 0.3) is 209 Å². The molecule has 0 aliphatic heterocycles. The summed E-state index contributed by atoms with van der Waals surface area (Å²) >= 11 is 0. The highest BCUT2D eigenvalue weighted by Gasteiger charge is 2.20. The molecule has 21 rings (SSSR count). The van der Waals surface area contributed by atoms with Gasteiger partial charge in [-0.15, -0.1) is 0 Å². The summed E-state index contributed by atoms with van der Waals surface area (Å²) in [6.07, 6.45) is 3.83. The van der Waals surface area contributed by atoms with Crippen LogP contribution in [0.4, 0.5) is 0 Å². The van der Waals surface area contributed by atoms with Crippen molar-refractivity contribution in [1.82, 2.24) is 29.9 Å². The van der Waals surface area contributed by atoms with Crippen LogP contribution in [0.3, 0.4) is 0 Å². The molecule has 4 heterocycles. The summed E-state index contributed by atoms with van der Waals surface area (Å²) in [5.74, 6) is 1.37. The summed E-state index contributed by atoms with van der Waals surface area (Å²) in [6.45, 7) is 0. The van der Waals surface area contributed by atoms with Gasteiger partial charge in [-0.3, -0.25) is 9.97 Å². The predicted molar refractivity (Wildman–Crippen MR) is 444 cm³/mol. The molecule has 0 atom stereocenters. The molecule has 6 nitrogen and oxygen atoms in total. The summed E-state index contributed by atoms with van der Waals surface area (Å²) in [5, 5.41) is 22.9. The van der Waals surface area contributed by atoms with Gasteiger partial charge in [-0.05, 0) is 163 Å². The highest BCUT2D eigenvalue weighted by molar-refractivity contribution is 6.18. The molecule has 0 unspecified atom stereocenters. The lowest BCUT2D eigenvalue weighted by atomic mass is 9.92. The Morgan fingerprint density at radius 2 is 0.491 bits per heavy atom. The standard InChI is InChI=1S/C53H33N3.C47H29N3/c1-4-14-42-38(11-1)30-48(46-18-8-6-16-44(42)46)35-23-25-36(26-24-35)51-32-52(49-31-39-12-2-5-15-43(39)45-17-7-9-19-47(45)49)56-53(55-51)37-27-21-34(22-28-37)41-29-40-13-3-10-20-50(40)54-33-41;1-6-16-37-30(11-1)25-26-48-46(37)31-21-23-32(24-22-31)47-49-44(42-27-33-12-2-4-14-35(33)38-17-7-9-19-40(38)42)29-45(50-47)43-28-34-13-3-5-15-36(34)39-18-8-10-20-41(39)43/h1-33H;1-29H. The fraction of sp³-hybridized carbons (Fsp3) is 0. The Balaban J connectivity index is 0.000000141. The van der Waals surface area contributed by atoms with Gasteiger partial charge in [0.25, 0.3) is 0 Å². The third-order valence-corrected chi connectivity index (χ3v) is 21.0. The minimum absolute atomic E-state index is 0.683. The molecule has 0 saturated carbocycles. The summed E-state index contributed by atoms with van der Waals surface area (Å²) in [6, 6.07) is 129. The number of nitrogens with zero attached hydrogens (tertiary/aromatic N) is 6. The molecule has 6 heteroatoms. The molecule has 106 heavy (non-hydrogen) atoms. The first-order valence-electron chi connectivity index (χ1n) is 35.9. The van der Waals surface area contributed by atoms with E-state index in [9.17, 15) is 0 Å². The van der Waals surface area contributed by atoms with Crippen LogP contribution in [0.15, 0.2) is 376 Å². The van der Waals surface area contributed by atoms with E-state index < -0.39 is 0 Å². The van der Waals surface area contributed by atoms with Crippen molar-refractivity contribution in [2.24, 2.45) is 0 Å². The molecule has 0 fully saturated rings. The van der Waals surface area contributed by atoms with Crippen LogP contribution in [-0.2, 0) is 0 Å². The maximum Gasteiger partial charge on any atom is 0.160 e. The number of pyridine rings is 2. The van der Waals surface area contributed by atoms with E-state index >= 15 is 0 Å². The van der Waals surface area contributed by atoms with Crippen molar-refractivity contribution in [3.63, 3.8) is 0 Å². The van der Waals surface area contributed by atoms with Gasteiger partial charge in [0.2, 0.25) is 0 Å². The Hall–Kier alpha value is -14.2. The monoisotopic (exact) mass is 1350 g/mol. The number of benzene rings is 17. The Kier molecular flexibility index (Phi) is 15.1. The van der Waals surface area contributed by atoms with Crippen molar-refractivity contribution in [3.05, 3.63) is 376 Å². The minimum atomic E-state index is 0.683. The van der Waals surface area contributed by atoms with E-state index in [1.54, 1.807) is 0 Å². The highest BCUT2D eigenvalue weighted by Crippen LogP contribution is 2.43. The predicted octanol–water partition coefficient (Wildman–Crippen LogP) is 26.3. The normalized spacial score (nSPS) is 11.6. The van der Waals surface area contributed by atoms with Crippen LogP contribution in [0.1, 0.15) is 0 Å². The summed E-state index contributed by atoms with van der Waals surface area (Å²) < 4.78 is 0. The smallest absolute Gasteiger partial charge is 0.160 e. The molecule has 4 aromatic heterocycles. The molecule has 21 aromatic rings. The zero-order chi connectivity index (χ0) is 70.0. The molecule has 0 radical (unpaired) electrons. The highest BCUT2D eigenvalue weighted by atomic mass is 14.9. The van der Waals surface area contributed by atoms with Gasteiger partial charge in [0.05, 0.1) is 34.0 Å². The lowest BCUT2D eigenvalue weighted by molar-refractivity contribution is 1.19. The zero-order valence-electron chi connectivity index (χ0n) is 57.5. The molecule has 0 aliphatic rings. The fourth-order valence-corrected chi connectivity index (χ4v) is 15.8. The van der Waals surface area contributed by atoms with Crippen LogP contribution >= 0.6 is 0 Å². The van der Waals surface area contributed by atoms with E-state index in [0.717, 1.165) is 94.8 Å². The molecule has 492 valence electrons. The molecule has 0 N–H and O–H groups in total. The molecular formula is C100H62N6. The van der Waals surface area contributed by atoms with Gasteiger partial charge in [0.1, 0.15) is 0 Å². The molecule has 17 aromatic carbocycles. The molecule has 0 amide bonds. The van der Waals surface area contributed by atoms with Crippen molar-refractivity contribution in [2.75, 3.05) is 0 Å². The van der Waals surface area contributed by atoms with Gasteiger partial charge in [0.15, 0.2) is 11.6 Å². The quantitative estimate of drug-likeness (QED) is 0.134. The largest absolute Gasteiger partial charge is 0.256 e. The van der Waals surface area contributed by atoms with Gasteiger partial charge in [0, 0.05) is 67.7 Å². The third-order valence-electron chi connectivity index (χ3n) is 21.0. The Morgan fingerprint density at radius 3 is 0.953 bits per heavy atom. The van der Waals surface area contributed by atoms with Crippen LogP contribution in [0.2, 0.25) is 0 Å². The van der Waals surface area contributed by atoms with Gasteiger partial charge in [-0.25, -0.2) is 19.9 Å². The second-order valence-electron chi connectivity index (χ2n) is 27.2. The Bertz CT molecular complexity index is 6930. The number of hydrogen-bond donors (Lipinski definition) is 0. The minimum Gasteiger partial charge on any atom is -0.256 e. The van der Waals surface area contributed by atoms with Crippen molar-refractivity contribution >= 4 is 108 Å². The molecule has 0 aliphatic carbocycles. The first-order valence-corrected chi connectivity index (χ1v) is 35.9. The molecule has 0 saturated heterocycles. The molecular weight excluding hydrogens is 1290 g/mol. The van der Waals surface area contributed by atoms with Gasteiger partial charge >= 0.3 is 0 Å². The second kappa shape index (κ2) is 26.0. The van der Waals surface area contributed by atoms with Gasteiger partial charge in [-0.2, -0.15) is 0 Å². The average Bonchev–Trinajstić information content (AvgIpc) is 0.753. The first-order chi connectivity index (χ1) is 52.5. The van der Waals surface area contributed by atoms with E-state index in [-0.39, 0.29) is 0 Å².